The minimum absolute atomic E-state index is 0.437. The second kappa shape index (κ2) is 7.07. The lowest BCUT2D eigenvalue weighted by atomic mass is 10.1. The molecule has 0 aromatic heterocycles. The highest BCUT2D eigenvalue weighted by atomic mass is 16.5. The average Bonchev–Trinajstić information content (AvgIpc) is 2.27. The highest BCUT2D eigenvalue weighted by molar-refractivity contribution is 5.74. The summed E-state index contributed by atoms with van der Waals surface area (Å²) in [7, 11) is 0. The first kappa shape index (κ1) is 14.7. The number of hydroxylamine groups is 2. The molecule has 16 heavy (non-hydrogen) atoms. The summed E-state index contributed by atoms with van der Waals surface area (Å²) >= 11 is 0. The maximum atomic E-state index is 11.4. The van der Waals surface area contributed by atoms with Crippen molar-refractivity contribution in [1.29, 1.82) is 5.26 Å². The van der Waals surface area contributed by atoms with Crippen LogP contribution in [0.5, 0.6) is 0 Å². The van der Waals surface area contributed by atoms with E-state index < -0.39 is 11.6 Å². The Balaban J connectivity index is 3.86. The summed E-state index contributed by atoms with van der Waals surface area (Å²) < 4.78 is 0. The molecule has 0 saturated carbocycles. The number of carbonyl (C=O) groups excluding carboxylic acids is 1. The van der Waals surface area contributed by atoms with Crippen LogP contribution in [0.3, 0.4) is 0 Å². The normalized spacial score (nSPS) is 10.7. The van der Waals surface area contributed by atoms with Crippen LogP contribution in [-0.2, 0) is 0 Å². The zero-order valence-electron chi connectivity index (χ0n) is 10.3. The van der Waals surface area contributed by atoms with Crippen LogP contribution in [0.4, 0.5) is 4.79 Å². The number of hydrogen-bond donors (Lipinski definition) is 2. The second-order valence-electron chi connectivity index (χ2n) is 4.28. The summed E-state index contributed by atoms with van der Waals surface area (Å²) in [6, 6.07) is 1.23. The van der Waals surface area contributed by atoms with Crippen LogP contribution >= 0.6 is 0 Å². The molecule has 0 radical (unpaired) electrons. The number of nitrogens with zero attached hydrogens (tertiary/aromatic N) is 2. The largest absolute Gasteiger partial charge is 0.342 e. The second-order valence-corrected chi connectivity index (χ2v) is 4.28. The fourth-order valence-corrected chi connectivity index (χ4v) is 1.12. The molecule has 0 saturated heterocycles. The van der Waals surface area contributed by atoms with Crippen molar-refractivity contribution < 1.29 is 10.0 Å². The molecule has 5 heteroatoms. The highest BCUT2D eigenvalue weighted by Gasteiger charge is 2.29. The molecule has 92 valence electrons. The van der Waals surface area contributed by atoms with Crippen molar-refractivity contribution in [2.75, 3.05) is 6.54 Å². The van der Waals surface area contributed by atoms with Gasteiger partial charge in [-0.3, -0.25) is 5.21 Å². The Morgan fingerprint density at radius 3 is 2.56 bits per heavy atom. The third kappa shape index (κ3) is 4.99. The van der Waals surface area contributed by atoms with E-state index in [0.29, 0.717) is 11.6 Å². The van der Waals surface area contributed by atoms with Gasteiger partial charge in [-0.1, -0.05) is 26.2 Å². The van der Waals surface area contributed by atoms with Gasteiger partial charge in [0.15, 0.2) is 5.54 Å². The van der Waals surface area contributed by atoms with E-state index >= 15 is 0 Å². The van der Waals surface area contributed by atoms with Crippen molar-refractivity contribution in [3.63, 3.8) is 0 Å². The average molecular weight is 227 g/mol. The number of amides is 2. The molecule has 0 aromatic rings. The molecule has 0 aliphatic carbocycles. The van der Waals surface area contributed by atoms with Crippen molar-refractivity contribution in [2.24, 2.45) is 0 Å². The molecule has 0 aliphatic rings. The molecular weight excluding hydrogens is 206 g/mol. The fourth-order valence-electron chi connectivity index (χ4n) is 1.12. The molecule has 0 rings (SSSR count). The number of hydrogen-bond acceptors (Lipinski definition) is 3. The Labute approximate surface area is 97.0 Å². The molecule has 2 N–H and O–H groups in total. The van der Waals surface area contributed by atoms with Gasteiger partial charge in [0, 0.05) is 6.54 Å². The van der Waals surface area contributed by atoms with Crippen LogP contribution in [0, 0.1) is 11.3 Å². The lowest BCUT2D eigenvalue weighted by Crippen LogP contribution is -2.49. The van der Waals surface area contributed by atoms with E-state index in [1.165, 1.54) is 13.8 Å². The Morgan fingerprint density at radius 1 is 1.44 bits per heavy atom. The fraction of sp³-hybridized carbons (Fsp3) is 0.818. The third-order valence-corrected chi connectivity index (χ3v) is 2.30. The first-order valence-electron chi connectivity index (χ1n) is 5.64. The van der Waals surface area contributed by atoms with Gasteiger partial charge in [0.25, 0.3) is 0 Å². The van der Waals surface area contributed by atoms with Crippen molar-refractivity contribution in [3.8, 4) is 6.07 Å². The monoisotopic (exact) mass is 227 g/mol. The molecule has 0 aliphatic heterocycles. The van der Waals surface area contributed by atoms with E-state index in [1.807, 2.05) is 6.07 Å². The number of nitrogens with one attached hydrogen (secondary N) is 1. The Kier molecular flexibility index (Phi) is 6.50. The quantitative estimate of drug-likeness (QED) is 0.415. The minimum atomic E-state index is -1.20. The number of urea groups is 1. The predicted molar refractivity (Wildman–Crippen MR) is 60.9 cm³/mol. The molecular formula is C11H21N3O2. The maximum absolute atomic E-state index is 11.4. The highest BCUT2D eigenvalue weighted by Crippen LogP contribution is 2.09. The van der Waals surface area contributed by atoms with Crippen LogP contribution in [0.25, 0.3) is 0 Å². The summed E-state index contributed by atoms with van der Waals surface area (Å²) in [5.74, 6) is 0. The number of nitriles is 1. The van der Waals surface area contributed by atoms with Crippen LogP contribution in [0.15, 0.2) is 0 Å². The molecule has 0 fully saturated rings. The summed E-state index contributed by atoms with van der Waals surface area (Å²) in [4.78, 5) is 11.4. The zero-order valence-corrected chi connectivity index (χ0v) is 10.3. The standard InChI is InChI=1S/C11H21N3O2/c1-4-5-6-7-8-13-10(15)14(16)11(2,3)9-12/h16H,4-8H2,1-3H3,(H,13,15). The molecule has 0 bridgehead atoms. The molecule has 0 heterocycles. The zero-order chi connectivity index (χ0) is 12.6. The van der Waals surface area contributed by atoms with Gasteiger partial charge in [-0.2, -0.15) is 10.3 Å². The van der Waals surface area contributed by atoms with Gasteiger partial charge in [0.2, 0.25) is 0 Å². The summed E-state index contributed by atoms with van der Waals surface area (Å²) in [6.45, 7) is 5.59. The number of carbonyl (C=O) groups is 1. The van der Waals surface area contributed by atoms with Gasteiger partial charge in [0.05, 0.1) is 6.07 Å². The lowest BCUT2D eigenvalue weighted by Gasteiger charge is -2.26. The van der Waals surface area contributed by atoms with Gasteiger partial charge in [-0.15, -0.1) is 0 Å². The van der Waals surface area contributed by atoms with Crippen LogP contribution in [-0.4, -0.2) is 28.4 Å². The van der Waals surface area contributed by atoms with E-state index in [-0.39, 0.29) is 0 Å². The molecule has 2 amide bonds. The molecule has 5 nitrogen and oxygen atoms in total. The summed E-state index contributed by atoms with van der Waals surface area (Å²) in [5.41, 5.74) is -1.20. The van der Waals surface area contributed by atoms with Gasteiger partial charge >= 0.3 is 6.03 Å². The topological polar surface area (TPSA) is 76.4 Å². The molecule has 0 aromatic carbocycles. The van der Waals surface area contributed by atoms with Crippen LogP contribution in [0.1, 0.15) is 46.5 Å². The van der Waals surface area contributed by atoms with Crippen molar-refractivity contribution in [1.82, 2.24) is 10.4 Å². The molecule has 0 unspecified atom stereocenters. The van der Waals surface area contributed by atoms with Gasteiger partial charge in [0.1, 0.15) is 0 Å². The Morgan fingerprint density at radius 2 is 2.06 bits per heavy atom. The van der Waals surface area contributed by atoms with Crippen LogP contribution < -0.4 is 5.32 Å². The van der Waals surface area contributed by atoms with Crippen molar-refractivity contribution in [2.45, 2.75) is 52.0 Å². The first-order valence-corrected chi connectivity index (χ1v) is 5.64. The van der Waals surface area contributed by atoms with Crippen molar-refractivity contribution >= 4 is 6.03 Å². The maximum Gasteiger partial charge on any atom is 0.342 e. The van der Waals surface area contributed by atoms with Crippen molar-refractivity contribution in [3.05, 3.63) is 0 Å². The smallest absolute Gasteiger partial charge is 0.336 e. The van der Waals surface area contributed by atoms with Crippen LogP contribution in [0.2, 0.25) is 0 Å². The molecule has 0 atom stereocenters. The van der Waals surface area contributed by atoms with Gasteiger partial charge in [-0.25, -0.2) is 4.79 Å². The van der Waals surface area contributed by atoms with E-state index in [0.717, 1.165) is 25.7 Å². The van der Waals surface area contributed by atoms with Gasteiger partial charge in [-0.05, 0) is 20.3 Å². The third-order valence-electron chi connectivity index (χ3n) is 2.30. The minimum Gasteiger partial charge on any atom is -0.336 e. The summed E-state index contributed by atoms with van der Waals surface area (Å²) in [6.07, 6.45) is 4.23. The Bertz CT molecular complexity index is 258. The SMILES string of the molecule is CCCCCCNC(=O)N(O)C(C)(C)C#N. The first-order chi connectivity index (χ1) is 7.45. The molecule has 0 spiro atoms. The van der Waals surface area contributed by atoms with Gasteiger partial charge < -0.3 is 5.32 Å². The predicted octanol–water partition coefficient (Wildman–Crippen LogP) is 2.27. The lowest BCUT2D eigenvalue weighted by molar-refractivity contribution is -0.0928. The summed E-state index contributed by atoms with van der Waals surface area (Å²) in [5, 5.41) is 21.2. The number of unbranched alkanes of at least 4 members (excludes halogenated alkanes) is 3. The Hall–Kier alpha value is -1.28. The number of rotatable bonds is 6. The van der Waals surface area contributed by atoms with E-state index in [4.69, 9.17) is 5.26 Å². The van der Waals surface area contributed by atoms with E-state index in [9.17, 15) is 10.0 Å². The van der Waals surface area contributed by atoms with E-state index in [2.05, 4.69) is 12.2 Å². The van der Waals surface area contributed by atoms with E-state index in [1.54, 1.807) is 0 Å².